The fourth-order valence-corrected chi connectivity index (χ4v) is 1.91. The van der Waals surface area contributed by atoms with Crippen LogP contribution in [0.1, 0.15) is 0 Å². The molecule has 0 spiro atoms. The molecular weight excluding hydrogens is 314 g/mol. The summed E-state index contributed by atoms with van der Waals surface area (Å²) in [5.74, 6) is -1.10. The van der Waals surface area contributed by atoms with Crippen molar-refractivity contribution in [3.63, 3.8) is 0 Å². The predicted molar refractivity (Wildman–Crippen MR) is 74.1 cm³/mol. The summed E-state index contributed by atoms with van der Waals surface area (Å²) in [6.45, 7) is -0.435. The highest BCUT2D eigenvalue weighted by molar-refractivity contribution is 9.10. The number of hydrogen-bond donors (Lipinski definition) is 3. The number of halogens is 1. The number of pyridine rings is 1. The number of carbonyl (C=O) groups excluding carboxylic acids is 1. The number of benzene rings is 1. The molecule has 0 fully saturated rings. The third-order valence-electron chi connectivity index (χ3n) is 2.33. The topological polar surface area (TPSA) is 91.3 Å². The Morgan fingerprint density at radius 2 is 2.16 bits per heavy atom. The monoisotopic (exact) mass is 323 g/mol. The number of carboxylic acid groups (broad SMARTS) is 1. The van der Waals surface area contributed by atoms with E-state index in [2.05, 4.69) is 31.5 Å². The van der Waals surface area contributed by atoms with Crippen molar-refractivity contribution >= 4 is 44.5 Å². The van der Waals surface area contributed by atoms with Gasteiger partial charge in [-0.25, -0.2) is 4.79 Å². The van der Waals surface area contributed by atoms with Crippen molar-refractivity contribution in [1.82, 2.24) is 10.3 Å². The van der Waals surface area contributed by atoms with Crippen LogP contribution in [0.4, 0.5) is 10.5 Å². The SMILES string of the molecule is O=C(O)CNC(=O)Nc1cccc2cc(Br)cnc12. The van der Waals surface area contributed by atoms with E-state index in [1.165, 1.54) is 0 Å². The number of anilines is 1. The number of amides is 2. The molecule has 0 bridgehead atoms. The first kappa shape index (κ1) is 13.3. The molecule has 19 heavy (non-hydrogen) atoms. The number of nitrogens with one attached hydrogen (secondary N) is 2. The van der Waals surface area contributed by atoms with E-state index in [1.54, 1.807) is 18.3 Å². The summed E-state index contributed by atoms with van der Waals surface area (Å²) < 4.78 is 0.840. The van der Waals surface area contributed by atoms with E-state index in [4.69, 9.17) is 5.11 Å². The first-order valence-electron chi connectivity index (χ1n) is 5.37. The summed E-state index contributed by atoms with van der Waals surface area (Å²) in [5.41, 5.74) is 1.16. The lowest BCUT2D eigenvalue weighted by Gasteiger charge is -2.08. The normalized spacial score (nSPS) is 10.2. The van der Waals surface area contributed by atoms with E-state index in [0.29, 0.717) is 11.2 Å². The van der Waals surface area contributed by atoms with E-state index in [9.17, 15) is 9.59 Å². The highest BCUT2D eigenvalue weighted by atomic mass is 79.9. The molecule has 0 radical (unpaired) electrons. The Bertz CT molecular complexity index is 645. The van der Waals surface area contributed by atoms with Gasteiger partial charge in [-0.1, -0.05) is 12.1 Å². The van der Waals surface area contributed by atoms with Gasteiger partial charge in [-0.2, -0.15) is 0 Å². The van der Waals surface area contributed by atoms with Crippen molar-refractivity contribution in [2.45, 2.75) is 0 Å². The van der Waals surface area contributed by atoms with Crippen molar-refractivity contribution in [1.29, 1.82) is 0 Å². The molecule has 3 N–H and O–H groups in total. The third-order valence-corrected chi connectivity index (χ3v) is 2.76. The molecule has 0 atom stereocenters. The Morgan fingerprint density at radius 1 is 1.37 bits per heavy atom. The second-order valence-electron chi connectivity index (χ2n) is 3.73. The molecule has 1 aromatic carbocycles. The lowest BCUT2D eigenvalue weighted by Crippen LogP contribution is -2.33. The summed E-state index contributed by atoms with van der Waals surface area (Å²) in [4.78, 5) is 26.1. The van der Waals surface area contributed by atoms with Crippen LogP contribution in [0.25, 0.3) is 10.9 Å². The Balaban J connectivity index is 2.21. The van der Waals surface area contributed by atoms with E-state index < -0.39 is 18.5 Å². The number of urea groups is 1. The van der Waals surface area contributed by atoms with Crippen molar-refractivity contribution in [2.75, 3.05) is 11.9 Å². The summed E-state index contributed by atoms with van der Waals surface area (Å²) in [6.07, 6.45) is 1.63. The van der Waals surface area contributed by atoms with Gasteiger partial charge in [-0.05, 0) is 28.1 Å². The van der Waals surface area contributed by atoms with Gasteiger partial charge in [-0.15, -0.1) is 0 Å². The predicted octanol–water partition coefficient (Wildman–Crippen LogP) is 2.20. The standard InChI is InChI=1S/C12H10BrN3O3/c13-8-4-7-2-1-3-9(11(7)14-5-8)16-12(19)15-6-10(17)18/h1-5H,6H2,(H,17,18)(H2,15,16,19). The number of carbonyl (C=O) groups is 2. The minimum absolute atomic E-state index is 0.435. The molecule has 0 unspecified atom stereocenters. The maximum absolute atomic E-state index is 11.5. The Morgan fingerprint density at radius 3 is 2.89 bits per heavy atom. The number of nitrogens with zero attached hydrogens (tertiary/aromatic N) is 1. The third kappa shape index (κ3) is 3.41. The molecule has 2 rings (SSSR count). The molecule has 2 aromatic rings. The van der Waals surface area contributed by atoms with E-state index >= 15 is 0 Å². The average Bonchev–Trinajstić information content (AvgIpc) is 2.36. The first-order valence-corrected chi connectivity index (χ1v) is 6.16. The van der Waals surface area contributed by atoms with Crippen LogP contribution in [0, 0.1) is 0 Å². The molecule has 0 saturated carbocycles. The van der Waals surface area contributed by atoms with Crippen molar-refractivity contribution in [3.05, 3.63) is 34.9 Å². The second-order valence-corrected chi connectivity index (χ2v) is 4.65. The van der Waals surface area contributed by atoms with Crippen LogP contribution in [0.15, 0.2) is 34.9 Å². The van der Waals surface area contributed by atoms with Crippen molar-refractivity contribution in [3.8, 4) is 0 Å². The van der Waals surface area contributed by atoms with E-state index in [0.717, 1.165) is 9.86 Å². The van der Waals surface area contributed by atoms with Crippen molar-refractivity contribution < 1.29 is 14.7 Å². The fraction of sp³-hybridized carbons (Fsp3) is 0.0833. The van der Waals surface area contributed by atoms with Crippen LogP contribution in [0.5, 0.6) is 0 Å². The maximum Gasteiger partial charge on any atom is 0.323 e. The zero-order valence-corrected chi connectivity index (χ0v) is 11.3. The zero-order valence-electron chi connectivity index (χ0n) is 9.68. The minimum Gasteiger partial charge on any atom is -0.480 e. The van der Waals surface area contributed by atoms with Crippen LogP contribution in [-0.4, -0.2) is 28.6 Å². The molecular formula is C12H10BrN3O3. The number of fused-ring (bicyclic) bond motifs is 1. The van der Waals surface area contributed by atoms with E-state index in [1.807, 2.05) is 12.1 Å². The molecule has 98 valence electrons. The van der Waals surface area contributed by atoms with Gasteiger partial charge in [0.05, 0.1) is 11.2 Å². The number of aromatic nitrogens is 1. The van der Waals surface area contributed by atoms with Crippen molar-refractivity contribution in [2.24, 2.45) is 0 Å². The number of hydrogen-bond acceptors (Lipinski definition) is 3. The summed E-state index contributed by atoms with van der Waals surface area (Å²) in [6, 6.07) is 6.64. The summed E-state index contributed by atoms with van der Waals surface area (Å²) in [5, 5.41) is 14.1. The Kier molecular flexibility index (Phi) is 3.96. The number of carboxylic acids is 1. The molecule has 1 aromatic heterocycles. The van der Waals surface area contributed by atoms with Gasteiger partial charge in [0.2, 0.25) is 0 Å². The van der Waals surface area contributed by atoms with Gasteiger partial charge in [0.25, 0.3) is 0 Å². The molecule has 6 nitrogen and oxygen atoms in total. The lowest BCUT2D eigenvalue weighted by molar-refractivity contribution is -0.135. The molecule has 0 aliphatic heterocycles. The van der Waals surface area contributed by atoms with Crippen LogP contribution >= 0.6 is 15.9 Å². The molecule has 7 heteroatoms. The van der Waals surface area contributed by atoms with Crippen LogP contribution in [-0.2, 0) is 4.79 Å². The second kappa shape index (κ2) is 5.66. The number of para-hydroxylation sites is 1. The number of rotatable bonds is 3. The van der Waals surface area contributed by atoms with Gasteiger partial charge in [0.1, 0.15) is 6.54 Å². The minimum atomic E-state index is -1.10. The first-order chi connectivity index (χ1) is 9.06. The van der Waals surface area contributed by atoms with Gasteiger partial charge in [-0.3, -0.25) is 9.78 Å². The molecule has 0 aliphatic rings. The number of aliphatic carboxylic acids is 1. The van der Waals surface area contributed by atoms with Crippen LogP contribution < -0.4 is 10.6 Å². The van der Waals surface area contributed by atoms with Gasteiger partial charge in [0.15, 0.2) is 0 Å². The van der Waals surface area contributed by atoms with Gasteiger partial charge >= 0.3 is 12.0 Å². The Hall–Kier alpha value is -2.15. The van der Waals surface area contributed by atoms with E-state index in [-0.39, 0.29) is 0 Å². The highest BCUT2D eigenvalue weighted by Crippen LogP contribution is 2.23. The maximum atomic E-state index is 11.5. The lowest BCUT2D eigenvalue weighted by atomic mass is 10.2. The highest BCUT2D eigenvalue weighted by Gasteiger charge is 2.07. The molecule has 2 amide bonds. The zero-order chi connectivity index (χ0) is 13.8. The fourth-order valence-electron chi connectivity index (χ4n) is 1.56. The largest absolute Gasteiger partial charge is 0.480 e. The molecule has 0 aliphatic carbocycles. The molecule has 0 saturated heterocycles. The van der Waals surface area contributed by atoms with Crippen LogP contribution in [0.3, 0.4) is 0 Å². The smallest absolute Gasteiger partial charge is 0.323 e. The summed E-state index contributed by atoms with van der Waals surface area (Å²) >= 11 is 3.32. The van der Waals surface area contributed by atoms with Gasteiger partial charge in [0, 0.05) is 16.1 Å². The average molecular weight is 324 g/mol. The summed E-state index contributed by atoms with van der Waals surface area (Å²) in [7, 11) is 0. The Labute approximate surface area is 117 Å². The van der Waals surface area contributed by atoms with Gasteiger partial charge < -0.3 is 15.7 Å². The quantitative estimate of drug-likeness (QED) is 0.807. The molecule has 1 heterocycles. The van der Waals surface area contributed by atoms with Crippen LogP contribution in [0.2, 0.25) is 0 Å².